The molecule has 0 radical (unpaired) electrons. The second-order valence-electron chi connectivity index (χ2n) is 4.89. The van der Waals surface area contributed by atoms with Crippen LogP contribution < -0.4 is 10.1 Å². The van der Waals surface area contributed by atoms with Gasteiger partial charge in [0.25, 0.3) is 0 Å². The van der Waals surface area contributed by atoms with Crippen LogP contribution in [0.2, 0.25) is 0 Å². The summed E-state index contributed by atoms with van der Waals surface area (Å²) in [7, 11) is 0. The van der Waals surface area contributed by atoms with Crippen molar-refractivity contribution < 1.29 is 9.84 Å². The standard InChI is InChI=1S/C15H23NO2/c1-2-16-11-14(17)13-9-5-6-10-15(13)18-12-7-3-4-8-12/h5-6,9-10,12,14,16-17H,2-4,7-8,11H2,1H3. The van der Waals surface area contributed by atoms with Crippen molar-refractivity contribution in [3.63, 3.8) is 0 Å². The Bertz CT molecular complexity index is 361. The predicted molar refractivity (Wildman–Crippen MR) is 72.8 cm³/mol. The minimum absolute atomic E-state index is 0.331. The van der Waals surface area contributed by atoms with Gasteiger partial charge in [0.2, 0.25) is 0 Å². The summed E-state index contributed by atoms with van der Waals surface area (Å²) in [6.45, 7) is 3.47. The lowest BCUT2D eigenvalue weighted by Gasteiger charge is -2.19. The largest absolute Gasteiger partial charge is 0.490 e. The van der Waals surface area contributed by atoms with E-state index >= 15 is 0 Å². The maximum atomic E-state index is 10.2. The van der Waals surface area contributed by atoms with Gasteiger partial charge >= 0.3 is 0 Å². The molecule has 0 aliphatic heterocycles. The zero-order valence-corrected chi connectivity index (χ0v) is 11.1. The molecule has 1 atom stereocenters. The normalized spacial score (nSPS) is 17.9. The molecule has 1 unspecified atom stereocenters. The Morgan fingerprint density at radius 3 is 2.78 bits per heavy atom. The van der Waals surface area contributed by atoms with Gasteiger partial charge in [-0.1, -0.05) is 25.1 Å². The molecule has 0 amide bonds. The Hall–Kier alpha value is -1.06. The van der Waals surface area contributed by atoms with Crippen molar-refractivity contribution in [2.75, 3.05) is 13.1 Å². The van der Waals surface area contributed by atoms with Crippen LogP contribution in [0.4, 0.5) is 0 Å². The molecule has 0 spiro atoms. The second kappa shape index (κ2) is 6.76. The minimum Gasteiger partial charge on any atom is -0.490 e. The molecule has 1 aromatic carbocycles. The molecule has 1 aliphatic carbocycles. The lowest BCUT2D eigenvalue weighted by molar-refractivity contribution is 0.158. The average Bonchev–Trinajstić information content (AvgIpc) is 2.89. The van der Waals surface area contributed by atoms with Crippen LogP contribution in [0.1, 0.15) is 44.3 Å². The van der Waals surface area contributed by atoms with Gasteiger partial charge in [0.05, 0.1) is 12.2 Å². The summed E-state index contributed by atoms with van der Waals surface area (Å²) in [5.41, 5.74) is 0.894. The molecule has 0 bridgehead atoms. The van der Waals surface area contributed by atoms with Crippen LogP contribution in [0, 0.1) is 0 Å². The Morgan fingerprint density at radius 1 is 1.33 bits per heavy atom. The van der Waals surface area contributed by atoms with E-state index in [-0.39, 0.29) is 0 Å². The molecule has 2 N–H and O–H groups in total. The zero-order chi connectivity index (χ0) is 12.8. The maximum Gasteiger partial charge on any atom is 0.125 e. The van der Waals surface area contributed by atoms with Crippen LogP contribution in [0.3, 0.4) is 0 Å². The first-order chi connectivity index (χ1) is 8.81. The summed E-state index contributed by atoms with van der Waals surface area (Å²) < 4.78 is 6.02. The van der Waals surface area contributed by atoms with E-state index in [1.807, 2.05) is 31.2 Å². The van der Waals surface area contributed by atoms with E-state index in [9.17, 15) is 5.11 Å². The van der Waals surface area contributed by atoms with Gasteiger partial charge < -0.3 is 15.2 Å². The lowest BCUT2D eigenvalue weighted by atomic mass is 10.1. The van der Waals surface area contributed by atoms with Gasteiger partial charge in [0, 0.05) is 12.1 Å². The smallest absolute Gasteiger partial charge is 0.125 e. The number of para-hydroxylation sites is 1. The number of benzene rings is 1. The van der Waals surface area contributed by atoms with Crippen molar-refractivity contribution in [2.45, 2.75) is 44.8 Å². The van der Waals surface area contributed by atoms with Gasteiger partial charge in [-0.05, 0) is 38.3 Å². The number of rotatable bonds is 6. The Morgan fingerprint density at radius 2 is 2.06 bits per heavy atom. The fourth-order valence-electron chi connectivity index (χ4n) is 2.44. The zero-order valence-electron chi connectivity index (χ0n) is 11.1. The summed E-state index contributed by atoms with van der Waals surface area (Å²) in [6.07, 6.45) is 4.62. The number of hydrogen-bond acceptors (Lipinski definition) is 3. The molecule has 100 valence electrons. The second-order valence-corrected chi connectivity index (χ2v) is 4.89. The molecule has 18 heavy (non-hydrogen) atoms. The number of aliphatic hydroxyl groups is 1. The maximum absolute atomic E-state index is 10.2. The average molecular weight is 249 g/mol. The van der Waals surface area contributed by atoms with Crippen LogP contribution in [-0.4, -0.2) is 24.3 Å². The minimum atomic E-state index is -0.498. The highest BCUT2D eigenvalue weighted by Crippen LogP contribution is 2.29. The van der Waals surface area contributed by atoms with Gasteiger partial charge in [-0.2, -0.15) is 0 Å². The quantitative estimate of drug-likeness (QED) is 0.814. The van der Waals surface area contributed by atoms with E-state index in [2.05, 4.69) is 5.32 Å². The SMILES string of the molecule is CCNCC(O)c1ccccc1OC1CCCC1. The summed E-state index contributed by atoms with van der Waals surface area (Å²) in [5.74, 6) is 0.842. The Balaban J connectivity index is 2.04. The Kier molecular flexibility index (Phi) is 5.02. The first kappa shape index (κ1) is 13.4. The number of aliphatic hydroxyl groups excluding tert-OH is 1. The summed E-state index contributed by atoms with van der Waals surface area (Å²) in [4.78, 5) is 0. The molecule has 3 heteroatoms. The molecule has 1 saturated carbocycles. The highest BCUT2D eigenvalue weighted by Gasteiger charge is 2.19. The van der Waals surface area contributed by atoms with Crippen molar-refractivity contribution in [3.8, 4) is 5.75 Å². The fraction of sp³-hybridized carbons (Fsp3) is 0.600. The highest BCUT2D eigenvalue weighted by molar-refractivity contribution is 5.35. The van der Waals surface area contributed by atoms with Gasteiger partial charge in [-0.3, -0.25) is 0 Å². The van der Waals surface area contributed by atoms with Crippen molar-refractivity contribution in [3.05, 3.63) is 29.8 Å². The summed E-state index contributed by atoms with van der Waals surface area (Å²) in [6, 6.07) is 7.83. The third-order valence-corrected chi connectivity index (χ3v) is 3.46. The molecule has 2 rings (SSSR count). The highest BCUT2D eigenvalue weighted by atomic mass is 16.5. The molecule has 0 aromatic heterocycles. The molecular formula is C15H23NO2. The van der Waals surface area contributed by atoms with Gasteiger partial charge in [-0.15, -0.1) is 0 Å². The van der Waals surface area contributed by atoms with Crippen LogP contribution in [0.25, 0.3) is 0 Å². The lowest BCUT2D eigenvalue weighted by Crippen LogP contribution is -2.22. The van der Waals surface area contributed by atoms with Gasteiger partial charge in [-0.25, -0.2) is 0 Å². The van der Waals surface area contributed by atoms with E-state index in [1.165, 1.54) is 12.8 Å². The van der Waals surface area contributed by atoms with Gasteiger partial charge in [0.15, 0.2) is 0 Å². The number of likely N-dealkylation sites (N-methyl/N-ethyl adjacent to an activating group) is 1. The van der Waals surface area contributed by atoms with Crippen LogP contribution >= 0.6 is 0 Å². The fourth-order valence-corrected chi connectivity index (χ4v) is 2.44. The molecule has 1 aromatic rings. The van der Waals surface area contributed by atoms with E-state index in [1.54, 1.807) is 0 Å². The summed E-state index contributed by atoms with van der Waals surface area (Å²) >= 11 is 0. The molecule has 1 aliphatic rings. The molecular weight excluding hydrogens is 226 g/mol. The first-order valence-corrected chi connectivity index (χ1v) is 6.95. The summed E-state index contributed by atoms with van der Waals surface area (Å²) in [5, 5.41) is 13.3. The van der Waals surface area contributed by atoms with Crippen LogP contribution in [0.15, 0.2) is 24.3 Å². The molecule has 0 heterocycles. The van der Waals surface area contributed by atoms with Crippen molar-refractivity contribution in [1.82, 2.24) is 5.32 Å². The number of ether oxygens (including phenoxy) is 1. The van der Waals surface area contributed by atoms with Gasteiger partial charge in [0.1, 0.15) is 5.75 Å². The van der Waals surface area contributed by atoms with E-state index < -0.39 is 6.10 Å². The topological polar surface area (TPSA) is 41.5 Å². The van der Waals surface area contributed by atoms with Crippen molar-refractivity contribution in [1.29, 1.82) is 0 Å². The van der Waals surface area contributed by atoms with Crippen molar-refractivity contribution >= 4 is 0 Å². The van der Waals surface area contributed by atoms with E-state index in [0.717, 1.165) is 30.7 Å². The van der Waals surface area contributed by atoms with E-state index in [4.69, 9.17) is 4.74 Å². The predicted octanol–water partition coefficient (Wildman–Crippen LogP) is 2.65. The third-order valence-electron chi connectivity index (χ3n) is 3.46. The number of hydrogen-bond donors (Lipinski definition) is 2. The number of nitrogens with one attached hydrogen (secondary N) is 1. The third kappa shape index (κ3) is 3.47. The molecule has 1 fully saturated rings. The van der Waals surface area contributed by atoms with Crippen molar-refractivity contribution in [2.24, 2.45) is 0 Å². The first-order valence-electron chi connectivity index (χ1n) is 6.95. The van der Waals surface area contributed by atoms with E-state index in [0.29, 0.717) is 12.6 Å². The Labute approximate surface area is 109 Å². The van der Waals surface area contributed by atoms with Crippen LogP contribution in [0.5, 0.6) is 5.75 Å². The van der Waals surface area contributed by atoms with Crippen LogP contribution in [-0.2, 0) is 0 Å². The molecule has 0 saturated heterocycles. The molecule has 3 nitrogen and oxygen atoms in total. The monoisotopic (exact) mass is 249 g/mol.